The predicted octanol–water partition coefficient (Wildman–Crippen LogP) is 3.39. The highest BCUT2D eigenvalue weighted by molar-refractivity contribution is 7.94. The van der Waals surface area contributed by atoms with Crippen LogP contribution in [0.25, 0.3) is 5.52 Å². The molecule has 188 valence electrons. The lowest BCUT2D eigenvalue weighted by molar-refractivity contribution is 0.0945. The fourth-order valence-electron chi connectivity index (χ4n) is 3.89. The largest absolute Gasteiger partial charge is 0.497 e. The zero-order valence-corrected chi connectivity index (χ0v) is 21.7. The molecule has 3 rings (SSSR count). The first-order chi connectivity index (χ1) is 16.6. The maximum Gasteiger partial charge on any atom is 0.289 e. The van der Waals surface area contributed by atoms with E-state index in [2.05, 4.69) is 10.5 Å². The molecule has 0 bridgehead atoms. The number of methoxy groups -OCH3 is 1. The number of benzene rings is 1. The van der Waals surface area contributed by atoms with E-state index < -0.39 is 30.5 Å². The Bertz CT molecular complexity index is 1490. The van der Waals surface area contributed by atoms with Gasteiger partial charge in [-0.2, -0.15) is 5.10 Å². The van der Waals surface area contributed by atoms with E-state index in [1.807, 2.05) is 0 Å². The van der Waals surface area contributed by atoms with Crippen molar-refractivity contribution in [3.05, 3.63) is 59.4 Å². The Balaban J connectivity index is 2.23. The lowest BCUT2D eigenvalue weighted by Gasteiger charge is -2.09. The second-order valence-electron chi connectivity index (χ2n) is 8.03. The molecule has 2 aromatic heterocycles. The lowest BCUT2D eigenvalue weighted by atomic mass is 10.2. The maximum absolute atomic E-state index is 13.4. The third-order valence-electron chi connectivity index (χ3n) is 5.33. The fourth-order valence-corrected chi connectivity index (χ4v) is 7.93. The number of hydrogen-bond donors (Lipinski definition) is 1. The van der Waals surface area contributed by atoms with Crippen LogP contribution in [0, 0.1) is 6.92 Å². The molecule has 0 saturated heterocycles. The van der Waals surface area contributed by atoms with Crippen LogP contribution in [0.15, 0.2) is 57.5 Å². The van der Waals surface area contributed by atoms with Crippen molar-refractivity contribution in [2.24, 2.45) is 5.10 Å². The number of nitrogens with zero attached hydrogens (tertiary/aromatic N) is 2. The van der Waals surface area contributed by atoms with Gasteiger partial charge < -0.3 is 9.14 Å². The first-order valence-electron chi connectivity index (χ1n) is 11.1. The Hall–Kier alpha value is -3.18. The minimum absolute atomic E-state index is 0.178. The van der Waals surface area contributed by atoms with Crippen LogP contribution in [0.1, 0.15) is 48.3 Å². The van der Waals surface area contributed by atoms with E-state index in [1.54, 1.807) is 57.2 Å². The third kappa shape index (κ3) is 5.40. The molecular weight excluding hydrogens is 490 g/mol. The quantitative estimate of drug-likeness (QED) is 0.324. The number of fused-ring (bicyclic) bond motifs is 1. The van der Waals surface area contributed by atoms with Crippen LogP contribution in [-0.2, 0) is 19.7 Å². The molecule has 0 aliphatic carbocycles. The van der Waals surface area contributed by atoms with E-state index in [0.29, 0.717) is 23.3 Å². The lowest BCUT2D eigenvalue weighted by Crippen LogP contribution is -2.23. The Kier molecular flexibility index (Phi) is 8.01. The van der Waals surface area contributed by atoms with Gasteiger partial charge in [-0.15, -0.1) is 0 Å². The van der Waals surface area contributed by atoms with Gasteiger partial charge in [0.2, 0.25) is 0 Å². The summed E-state index contributed by atoms with van der Waals surface area (Å²) in [6.45, 7) is 5.06. The van der Waals surface area contributed by atoms with Crippen molar-refractivity contribution in [1.29, 1.82) is 0 Å². The Morgan fingerprint density at radius 3 is 2.31 bits per heavy atom. The monoisotopic (exact) mass is 519 g/mol. The van der Waals surface area contributed by atoms with Crippen molar-refractivity contribution in [2.75, 3.05) is 18.6 Å². The van der Waals surface area contributed by atoms with E-state index in [1.165, 1.54) is 23.9 Å². The van der Waals surface area contributed by atoms with Gasteiger partial charge >= 0.3 is 0 Å². The maximum atomic E-state index is 13.4. The Morgan fingerprint density at radius 1 is 1.03 bits per heavy atom. The van der Waals surface area contributed by atoms with Crippen LogP contribution in [0.5, 0.6) is 5.75 Å². The summed E-state index contributed by atoms with van der Waals surface area (Å²) in [5.74, 6) is -0.778. The van der Waals surface area contributed by atoms with Gasteiger partial charge in [0.1, 0.15) is 21.2 Å². The highest BCUT2D eigenvalue weighted by Gasteiger charge is 2.37. The molecule has 11 heteroatoms. The number of nitrogens with one attached hydrogen (secondary N) is 1. The number of hydrogen-bond acceptors (Lipinski definition) is 7. The van der Waals surface area contributed by atoms with Crippen molar-refractivity contribution in [2.45, 2.75) is 43.4 Å². The van der Waals surface area contributed by atoms with Crippen molar-refractivity contribution in [3.63, 3.8) is 0 Å². The molecule has 0 aliphatic rings. The number of aryl methyl sites for hydroxylation is 1. The van der Waals surface area contributed by atoms with Crippen LogP contribution in [0.2, 0.25) is 0 Å². The van der Waals surface area contributed by atoms with Gasteiger partial charge in [0.05, 0.1) is 30.3 Å². The summed E-state index contributed by atoms with van der Waals surface area (Å²) >= 11 is 0. The van der Waals surface area contributed by atoms with Crippen LogP contribution >= 0.6 is 0 Å². The molecule has 2 heterocycles. The second-order valence-corrected chi connectivity index (χ2v) is 12.1. The van der Waals surface area contributed by atoms with Crippen LogP contribution in [0.3, 0.4) is 0 Å². The third-order valence-corrected chi connectivity index (χ3v) is 9.39. The van der Waals surface area contributed by atoms with E-state index in [4.69, 9.17) is 4.74 Å². The molecule has 0 atom stereocenters. The summed E-state index contributed by atoms with van der Waals surface area (Å²) in [6.07, 6.45) is 3.43. The summed E-state index contributed by atoms with van der Waals surface area (Å²) in [7, 11) is -6.59. The first-order valence-corrected chi connectivity index (χ1v) is 14.4. The topological polar surface area (TPSA) is 123 Å². The molecule has 0 aliphatic heterocycles. The number of pyridine rings is 1. The van der Waals surface area contributed by atoms with Gasteiger partial charge in [-0.1, -0.05) is 32.0 Å². The summed E-state index contributed by atoms with van der Waals surface area (Å²) in [5.41, 5.74) is 3.43. The summed E-state index contributed by atoms with van der Waals surface area (Å²) in [5, 5.41) is 3.96. The van der Waals surface area contributed by atoms with Crippen molar-refractivity contribution in [1.82, 2.24) is 9.83 Å². The van der Waals surface area contributed by atoms with Gasteiger partial charge in [0.25, 0.3) is 5.91 Å². The molecule has 1 aromatic carbocycles. The molecule has 35 heavy (non-hydrogen) atoms. The van der Waals surface area contributed by atoms with Crippen LogP contribution in [0.4, 0.5) is 0 Å². The molecule has 0 spiro atoms. The standard InChI is InChI=1S/C24H29N3O6S2/c1-5-13-34(29,30)22-20-17(3)9-8-12-27(20)21(23(22)35(31,32)14-6-2)24(28)26-25-16-18-10-7-11-19(15-18)33-4/h7-12,15-16H,5-6,13-14H2,1-4H3,(H,26,28). The van der Waals surface area contributed by atoms with Gasteiger partial charge in [-0.05, 0) is 49.1 Å². The van der Waals surface area contributed by atoms with Crippen molar-refractivity contribution in [3.8, 4) is 5.75 Å². The number of ether oxygens (including phenoxy) is 1. The molecular formula is C24H29N3O6S2. The Morgan fingerprint density at radius 2 is 1.69 bits per heavy atom. The van der Waals surface area contributed by atoms with Gasteiger partial charge in [-0.3, -0.25) is 4.79 Å². The molecule has 0 unspecified atom stereocenters. The average Bonchev–Trinajstić information content (AvgIpc) is 3.18. The average molecular weight is 520 g/mol. The summed E-state index contributed by atoms with van der Waals surface area (Å²) in [6, 6.07) is 10.3. The molecule has 0 saturated carbocycles. The number of carbonyl (C=O) groups is 1. The number of aromatic nitrogens is 1. The SMILES string of the molecule is CCCS(=O)(=O)c1c(S(=O)(=O)CCC)c2c(C)cccn2c1C(=O)NN=Cc1cccc(OC)c1. The first kappa shape index (κ1) is 26.4. The smallest absolute Gasteiger partial charge is 0.289 e. The number of hydrazone groups is 1. The number of carbonyl (C=O) groups excluding carboxylic acids is 1. The summed E-state index contributed by atoms with van der Waals surface area (Å²) < 4.78 is 59.9. The zero-order valence-electron chi connectivity index (χ0n) is 20.1. The minimum Gasteiger partial charge on any atom is -0.497 e. The normalized spacial score (nSPS) is 12.3. The second kappa shape index (κ2) is 10.6. The zero-order chi connectivity index (χ0) is 25.8. The molecule has 0 radical (unpaired) electrons. The number of sulfone groups is 2. The highest BCUT2D eigenvalue weighted by atomic mass is 32.2. The molecule has 9 nitrogen and oxygen atoms in total. The number of amides is 1. The number of rotatable bonds is 10. The predicted molar refractivity (Wildman–Crippen MR) is 135 cm³/mol. The van der Waals surface area contributed by atoms with Gasteiger partial charge in [0, 0.05) is 6.20 Å². The molecule has 1 amide bonds. The van der Waals surface area contributed by atoms with Gasteiger partial charge in [-0.25, -0.2) is 22.3 Å². The van der Waals surface area contributed by atoms with E-state index in [-0.39, 0.29) is 34.0 Å². The minimum atomic E-state index is -4.11. The fraction of sp³-hybridized carbons (Fsp3) is 0.333. The van der Waals surface area contributed by atoms with Crippen LogP contribution < -0.4 is 10.2 Å². The Labute approximate surface area is 205 Å². The highest BCUT2D eigenvalue weighted by Crippen LogP contribution is 2.35. The van der Waals surface area contributed by atoms with E-state index in [0.717, 1.165) is 0 Å². The molecule has 1 N–H and O–H groups in total. The van der Waals surface area contributed by atoms with Crippen molar-refractivity contribution < 1.29 is 26.4 Å². The molecule has 0 fully saturated rings. The van der Waals surface area contributed by atoms with E-state index >= 15 is 0 Å². The van der Waals surface area contributed by atoms with Crippen LogP contribution in [-0.4, -0.2) is 52.0 Å². The van der Waals surface area contributed by atoms with Crippen molar-refractivity contribution >= 4 is 37.3 Å². The van der Waals surface area contributed by atoms with Gasteiger partial charge in [0.15, 0.2) is 19.7 Å². The summed E-state index contributed by atoms with van der Waals surface area (Å²) in [4.78, 5) is 12.5. The van der Waals surface area contributed by atoms with E-state index in [9.17, 15) is 21.6 Å². The molecule has 3 aromatic rings.